The molecule has 3 nitrogen and oxygen atoms in total. The summed E-state index contributed by atoms with van der Waals surface area (Å²) in [7, 11) is 1.73. The summed E-state index contributed by atoms with van der Waals surface area (Å²) in [5, 5.41) is 0.632. The third-order valence-corrected chi connectivity index (χ3v) is 3.97. The number of ketones is 1. The van der Waals surface area contributed by atoms with E-state index in [-0.39, 0.29) is 17.6 Å². The van der Waals surface area contributed by atoms with Gasteiger partial charge in [0.15, 0.2) is 5.78 Å². The van der Waals surface area contributed by atoms with Crippen molar-refractivity contribution in [1.29, 1.82) is 0 Å². The molecule has 1 heterocycles. The van der Waals surface area contributed by atoms with Crippen molar-refractivity contribution in [3.05, 3.63) is 59.0 Å². The number of Topliss-reactive ketones (excluding diaryl/α,β-unsaturated/α-hetero) is 1. The highest BCUT2D eigenvalue weighted by atomic mass is 35.5. The molecule has 0 radical (unpaired) electrons. The van der Waals surface area contributed by atoms with Crippen LogP contribution < -0.4 is 0 Å². The second kappa shape index (κ2) is 5.25. The number of aliphatic imine (C=N–C) groups is 1. The van der Waals surface area contributed by atoms with Gasteiger partial charge in [-0.3, -0.25) is 9.79 Å². The first-order chi connectivity index (χ1) is 9.70. The lowest BCUT2D eigenvalue weighted by atomic mass is 9.93. The molecule has 2 unspecified atom stereocenters. The van der Waals surface area contributed by atoms with E-state index in [9.17, 15) is 4.79 Å². The molecular formula is C16H14ClNO2. The minimum Gasteiger partial charge on any atom is -0.469 e. The predicted octanol–water partition coefficient (Wildman–Crippen LogP) is 3.84. The summed E-state index contributed by atoms with van der Waals surface area (Å²) in [6.45, 7) is 0. The number of halogens is 1. The zero-order valence-corrected chi connectivity index (χ0v) is 11.8. The normalized spacial score (nSPS) is 24.5. The maximum atomic E-state index is 12.7. The number of rotatable bonds is 2. The third kappa shape index (κ3) is 2.18. The van der Waals surface area contributed by atoms with Crippen LogP contribution in [0.5, 0.6) is 0 Å². The fourth-order valence-corrected chi connectivity index (χ4v) is 2.99. The molecular weight excluding hydrogens is 274 g/mol. The Hall–Kier alpha value is -1.87. The van der Waals surface area contributed by atoms with Crippen LogP contribution in [0.3, 0.4) is 0 Å². The molecule has 4 heteroatoms. The lowest BCUT2D eigenvalue weighted by Crippen LogP contribution is -2.14. The molecule has 2 atom stereocenters. The van der Waals surface area contributed by atoms with Crippen LogP contribution in [0.25, 0.3) is 0 Å². The third-order valence-electron chi connectivity index (χ3n) is 3.73. The first-order valence-corrected chi connectivity index (χ1v) is 6.86. The summed E-state index contributed by atoms with van der Waals surface area (Å²) in [5.41, 5.74) is 1.79. The van der Waals surface area contributed by atoms with Gasteiger partial charge in [-0.1, -0.05) is 23.7 Å². The second-order valence-corrected chi connectivity index (χ2v) is 5.31. The highest BCUT2D eigenvalue weighted by Crippen LogP contribution is 2.39. The van der Waals surface area contributed by atoms with E-state index in [1.165, 1.54) is 0 Å². The van der Waals surface area contributed by atoms with Crippen molar-refractivity contribution in [3.8, 4) is 0 Å². The molecule has 0 N–H and O–H groups in total. The summed E-state index contributed by atoms with van der Waals surface area (Å²) in [4.78, 5) is 17.0. The lowest BCUT2D eigenvalue weighted by Gasteiger charge is -2.10. The van der Waals surface area contributed by atoms with Crippen LogP contribution in [0.2, 0.25) is 5.02 Å². The van der Waals surface area contributed by atoms with Gasteiger partial charge in [-0.2, -0.15) is 0 Å². The number of hydrogen-bond acceptors (Lipinski definition) is 3. The van der Waals surface area contributed by atoms with E-state index in [4.69, 9.17) is 16.0 Å². The number of nitrogens with zero attached hydrogens (tertiary/aromatic N) is 1. The largest absolute Gasteiger partial charge is 0.469 e. The van der Waals surface area contributed by atoms with E-state index in [0.717, 1.165) is 11.3 Å². The molecule has 3 rings (SSSR count). The van der Waals surface area contributed by atoms with Gasteiger partial charge in [0.05, 0.1) is 18.1 Å². The predicted molar refractivity (Wildman–Crippen MR) is 78.6 cm³/mol. The minimum absolute atomic E-state index is 0.128. The highest BCUT2D eigenvalue weighted by Gasteiger charge is 2.42. The SMILES string of the molecule is CN=C1CC(c2ccco2)C(=O)C1c1cccc(Cl)c1. The van der Waals surface area contributed by atoms with Gasteiger partial charge >= 0.3 is 0 Å². The van der Waals surface area contributed by atoms with Crippen LogP contribution in [0.1, 0.15) is 29.6 Å². The average Bonchev–Trinajstić information content (AvgIpc) is 3.05. The van der Waals surface area contributed by atoms with Gasteiger partial charge in [-0.05, 0) is 29.8 Å². The van der Waals surface area contributed by atoms with E-state index in [1.807, 2.05) is 24.3 Å². The van der Waals surface area contributed by atoms with Crippen LogP contribution in [-0.4, -0.2) is 18.5 Å². The summed E-state index contributed by atoms with van der Waals surface area (Å²) in [6, 6.07) is 11.1. The summed E-state index contributed by atoms with van der Waals surface area (Å²) in [6.07, 6.45) is 2.21. The zero-order chi connectivity index (χ0) is 14.1. The van der Waals surface area contributed by atoms with Crippen molar-refractivity contribution in [1.82, 2.24) is 0 Å². The summed E-state index contributed by atoms with van der Waals surface area (Å²) >= 11 is 6.03. The number of carbonyl (C=O) groups excluding carboxylic acids is 1. The van der Waals surface area contributed by atoms with Crippen molar-refractivity contribution in [2.75, 3.05) is 7.05 Å². The molecule has 1 aromatic heterocycles. The Balaban J connectivity index is 2.00. The number of furan rings is 1. The molecule has 1 saturated carbocycles. The van der Waals surface area contributed by atoms with Gasteiger partial charge < -0.3 is 4.42 Å². The number of benzene rings is 1. The van der Waals surface area contributed by atoms with Gasteiger partial charge in [0, 0.05) is 24.2 Å². The Kier molecular flexibility index (Phi) is 3.45. The molecule has 0 saturated heterocycles. The van der Waals surface area contributed by atoms with E-state index in [1.54, 1.807) is 25.4 Å². The molecule has 102 valence electrons. The molecule has 0 aliphatic heterocycles. The van der Waals surface area contributed by atoms with Crippen LogP contribution in [-0.2, 0) is 4.79 Å². The fourth-order valence-electron chi connectivity index (χ4n) is 2.79. The van der Waals surface area contributed by atoms with Crippen molar-refractivity contribution in [3.63, 3.8) is 0 Å². The van der Waals surface area contributed by atoms with E-state index >= 15 is 0 Å². The van der Waals surface area contributed by atoms with E-state index in [2.05, 4.69) is 4.99 Å². The smallest absolute Gasteiger partial charge is 0.156 e. The first kappa shape index (κ1) is 13.1. The topological polar surface area (TPSA) is 42.6 Å². The monoisotopic (exact) mass is 287 g/mol. The lowest BCUT2D eigenvalue weighted by molar-refractivity contribution is -0.119. The quantitative estimate of drug-likeness (QED) is 0.842. The highest BCUT2D eigenvalue weighted by molar-refractivity contribution is 6.30. The second-order valence-electron chi connectivity index (χ2n) is 4.88. The van der Waals surface area contributed by atoms with Crippen molar-refractivity contribution in [2.45, 2.75) is 18.3 Å². The van der Waals surface area contributed by atoms with Crippen LogP contribution in [0.15, 0.2) is 52.1 Å². The molecule has 1 aliphatic carbocycles. The van der Waals surface area contributed by atoms with Crippen LogP contribution in [0.4, 0.5) is 0 Å². The molecule has 20 heavy (non-hydrogen) atoms. The van der Waals surface area contributed by atoms with Gasteiger partial charge in [-0.15, -0.1) is 0 Å². The maximum absolute atomic E-state index is 12.7. The van der Waals surface area contributed by atoms with Gasteiger partial charge in [0.2, 0.25) is 0 Å². The molecule has 0 spiro atoms. The van der Waals surface area contributed by atoms with Crippen molar-refractivity contribution in [2.24, 2.45) is 4.99 Å². The van der Waals surface area contributed by atoms with E-state index in [0.29, 0.717) is 17.2 Å². The molecule has 1 aliphatic rings. The molecule has 1 aromatic carbocycles. The standard InChI is InChI=1S/C16H14ClNO2/c1-18-13-9-12(14-6-3-7-20-14)16(19)15(13)10-4-2-5-11(17)8-10/h2-8,12,15H,9H2,1H3. The fraction of sp³-hybridized carbons (Fsp3) is 0.250. The van der Waals surface area contributed by atoms with Crippen molar-refractivity contribution < 1.29 is 9.21 Å². The zero-order valence-electron chi connectivity index (χ0n) is 11.0. The van der Waals surface area contributed by atoms with Crippen molar-refractivity contribution >= 4 is 23.1 Å². The average molecular weight is 288 g/mol. The Labute approximate surface area is 122 Å². The van der Waals surface area contributed by atoms with Gasteiger partial charge in [0.1, 0.15) is 5.76 Å². The van der Waals surface area contributed by atoms with Gasteiger partial charge in [-0.25, -0.2) is 0 Å². The number of hydrogen-bond donors (Lipinski definition) is 0. The van der Waals surface area contributed by atoms with Crippen LogP contribution in [0, 0.1) is 0 Å². The number of carbonyl (C=O) groups is 1. The molecule has 2 aromatic rings. The summed E-state index contributed by atoms with van der Waals surface area (Å²) < 4.78 is 5.39. The molecule has 0 bridgehead atoms. The van der Waals surface area contributed by atoms with Gasteiger partial charge in [0.25, 0.3) is 0 Å². The Morgan fingerprint density at radius 3 is 2.80 bits per heavy atom. The molecule has 1 fully saturated rings. The maximum Gasteiger partial charge on any atom is 0.156 e. The minimum atomic E-state index is -0.311. The Morgan fingerprint density at radius 1 is 1.30 bits per heavy atom. The molecule has 0 amide bonds. The summed E-state index contributed by atoms with van der Waals surface area (Å²) in [5.74, 6) is 0.282. The first-order valence-electron chi connectivity index (χ1n) is 6.49. The van der Waals surface area contributed by atoms with E-state index < -0.39 is 0 Å². The van der Waals surface area contributed by atoms with Crippen LogP contribution >= 0.6 is 11.6 Å². The Morgan fingerprint density at radius 2 is 2.15 bits per heavy atom. The Bertz CT molecular complexity index is 661.